The first-order valence-corrected chi connectivity index (χ1v) is 9.98. The highest BCUT2D eigenvalue weighted by Gasteiger charge is 2.61. The predicted molar refractivity (Wildman–Crippen MR) is 99.9 cm³/mol. The van der Waals surface area contributed by atoms with E-state index < -0.39 is 5.97 Å². The van der Waals surface area contributed by atoms with Crippen LogP contribution in [0.25, 0.3) is 0 Å². The van der Waals surface area contributed by atoms with Crippen LogP contribution < -0.4 is 4.74 Å². The van der Waals surface area contributed by atoms with Crippen LogP contribution in [0, 0.1) is 23.7 Å². The average molecular weight is 369 g/mol. The van der Waals surface area contributed by atoms with Crippen molar-refractivity contribution >= 4 is 17.8 Å². The molecule has 1 aliphatic heterocycles. The summed E-state index contributed by atoms with van der Waals surface area (Å²) >= 11 is 0. The molecule has 2 saturated carbocycles. The van der Waals surface area contributed by atoms with Crippen LogP contribution in [0.2, 0.25) is 0 Å². The van der Waals surface area contributed by atoms with Gasteiger partial charge >= 0.3 is 5.97 Å². The summed E-state index contributed by atoms with van der Waals surface area (Å²) in [7, 11) is 0. The van der Waals surface area contributed by atoms with Gasteiger partial charge in [0.15, 0.2) is 0 Å². The van der Waals surface area contributed by atoms with E-state index in [2.05, 4.69) is 20.8 Å². The lowest BCUT2D eigenvalue weighted by molar-refractivity contribution is -0.148. The molecule has 144 valence electrons. The van der Waals surface area contributed by atoms with Gasteiger partial charge in [-0.3, -0.25) is 14.5 Å². The van der Waals surface area contributed by atoms with E-state index in [4.69, 9.17) is 4.74 Å². The molecule has 1 aromatic carbocycles. The van der Waals surface area contributed by atoms with Crippen molar-refractivity contribution in [3.8, 4) is 5.75 Å². The zero-order valence-electron chi connectivity index (χ0n) is 16.2. The molecule has 1 aromatic rings. The molecular weight excluding hydrogens is 342 g/mol. The van der Waals surface area contributed by atoms with E-state index in [1.54, 1.807) is 12.1 Å². The summed E-state index contributed by atoms with van der Waals surface area (Å²) in [5.41, 5.74) is 1.24. The number of likely N-dealkylation sites (tertiary alicyclic amines) is 1. The van der Waals surface area contributed by atoms with Gasteiger partial charge in [-0.2, -0.15) is 0 Å². The zero-order chi connectivity index (χ0) is 19.3. The maximum Gasteiger partial charge on any atom is 0.331 e. The molecule has 5 nitrogen and oxygen atoms in total. The molecule has 4 atom stereocenters. The molecule has 0 N–H and O–H groups in total. The molecule has 5 heteroatoms. The lowest BCUT2D eigenvalue weighted by Crippen LogP contribution is -2.38. The SMILES string of the molecule is CCC(C)(C)c1ccc(OC(=O)CN2C(=O)C3C4CCC(C4)C3C2=O)cc1. The Hall–Kier alpha value is -2.17. The lowest BCUT2D eigenvalue weighted by Gasteiger charge is -2.23. The Balaban J connectivity index is 1.40. The Bertz CT molecular complexity index is 754. The first-order chi connectivity index (χ1) is 12.8. The van der Waals surface area contributed by atoms with E-state index >= 15 is 0 Å². The molecular formula is C22H27NO4. The number of rotatable bonds is 5. The normalized spacial score (nSPS) is 29.4. The van der Waals surface area contributed by atoms with Crippen LogP contribution in [0.3, 0.4) is 0 Å². The Labute approximate surface area is 160 Å². The fraction of sp³-hybridized carbons (Fsp3) is 0.591. The summed E-state index contributed by atoms with van der Waals surface area (Å²) in [6, 6.07) is 7.46. The summed E-state index contributed by atoms with van der Waals surface area (Å²) in [4.78, 5) is 38.8. The monoisotopic (exact) mass is 369 g/mol. The number of ether oxygens (including phenoxy) is 1. The zero-order valence-corrected chi connectivity index (χ0v) is 16.2. The number of esters is 1. The number of carbonyl (C=O) groups excluding carboxylic acids is 3. The van der Waals surface area contributed by atoms with Crippen LogP contribution in [0.5, 0.6) is 5.75 Å². The van der Waals surface area contributed by atoms with Gasteiger partial charge in [-0.1, -0.05) is 32.9 Å². The van der Waals surface area contributed by atoms with Crippen molar-refractivity contribution in [2.24, 2.45) is 23.7 Å². The van der Waals surface area contributed by atoms with Crippen molar-refractivity contribution in [2.75, 3.05) is 6.54 Å². The van der Waals surface area contributed by atoms with Gasteiger partial charge in [0.25, 0.3) is 0 Å². The number of nitrogens with zero attached hydrogens (tertiary/aromatic N) is 1. The van der Waals surface area contributed by atoms with Gasteiger partial charge < -0.3 is 4.74 Å². The molecule has 1 heterocycles. The first-order valence-electron chi connectivity index (χ1n) is 9.98. The molecule has 3 aliphatic rings. The fourth-order valence-corrected chi connectivity index (χ4v) is 5.10. The van der Waals surface area contributed by atoms with Gasteiger partial charge in [-0.25, -0.2) is 4.79 Å². The number of fused-ring (bicyclic) bond motifs is 5. The Morgan fingerprint density at radius 1 is 1.07 bits per heavy atom. The molecule has 0 radical (unpaired) electrons. The second kappa shape index (κ2) is 6.47. The lowest BCUT2D eigenvalue weighted by atomic mass is 9.81. The van der Waals surface area contributed by atoms with Gasteiger partial charge in [0.1, 0.15) is 12.3 Å². The fourth-order valence-electron chi connectivity index (χ4n) is 5.10. The third-order valence-corrected chi connectivity index (χ3v) is 7.06. The van der Waals surface area contributed by atoms with Crippen molar-refractivity contribution in [1.29, 1.82) is 0 Å². The van der Waals surface area contributed by atoms with Crippen LogP contribution in [-0.4, -0.2) is 29.2 Å². The number of hydrogen-bond donors (Lipinski definition) is 0. The van der Waals surface area contributed by atoms with Crippen molar-refractivity contribution in [1.82, 2.24) is 4.90 Å². The van der Waals surface area contributed by atoms with E-state index in [9.17, 15) is 14.4 Å². The maximum absolute atomic E-state index is 12.7. The van der Waals surface area contributed by atoms with E-state index in [0.29, 0.717) is 17.6 Å². The van der Waals surface area contributed by atoms with Crippen LogP contribution in [0.1, 0.15) is 52.0 Å². The number of amides is 2. The van der Waals surface area contributed by atoms with Crippen molar-refractivity contribution in [3.63, 3.8) is 0 Å². The minimum atomic E-state index is -0.563. The summed E-state index contributed by atoms with van der Waals surface area (Å²) in [6.07, 6.45) is 4.06. The minimum absolute atomic E-state index is 0.0636. The van der Waals surface area contributed by atoms with Gasteiger partial charge in [0.05, 0.1) is 11.8 Å². The topological polar surface area (TPSA) is 63.7 Å². The number of hydrogen-bond acceptors (Lipinski definition) is 4. The van der Waals surface area contributed by atoms with Crippen LogP contribution in [0.15, 0.2) is 24.3 Å². The third kappa shape index (κ3) is 2.97. The second-order valence-corrected chi connectivity index (χ2v) is 8.88. The highest BCUT2D eigenvalue weighted by Crippen LogP contribution is 2.56. The van der Waals surface area contributed by atoms with Crippen LogP contribution >= 0.6 is 0 Å². The van der Waals surface area contributed by atoms with Gasteiger partial charge in [-0.05, 0) is 60.6 Å². The Morgan fingerprint density at radius 2 is 1.63 bits per heavy atom. The Morgan fingerprint density at radius 3 is 2.15 bits per heavy atom. The van der Waals surface area contributed by atoms with Crippen LogP contribution in [0.4, 0.5) is 0 Å². The minimum Gasteiger partial charge on any atom is -0.425 e. The molecule has 2 amide bonds. The molecule has 2 aliphatic carbocycles. The molecule has 1 saturated heterocycles. The van der Waals surface area contributed by atoms with E-state index in [0.717, 1.165) is 30.6 Å². The van der Waals surface area contributed by atoms with E-state index in [1.807, 2.05) is 12.1 Å². The van der Waals surface area contributed by atoms with Gasteiger partial charge in [0.2, 0.25) is 11.8 Å². The van der Waals surface area contributed by atoms with E-state index in [1.165, 1.54) is 5.56 Å². The largest absolute Gasteiger partial charge is 0.425 e. The number of carbonyl (C=O) groups is 3. The van der Waals surface area contributed by atoms with E-state index in [-0.39, 0.29) is 35.6 Å². The predicted octanol–water partition coefficient (Wildman–Crippen LogP) is 3.31. The maximum atomic E-state index is 12.7. The standard InChI is InChI=1S/C22H27NO4/c1-4-22(2,3)15-7-9-16(10-8-15)27-17(24)12-23-20(25)18-13-5-6-14(11-13)19(18)21(23)26/h7-10,13-14,18-19H,4-6,11-12H2,1-3H3. The molecule has 2 bridgehead atoms. The second-order valence-electron chi connectivity index (χ2n) is 8.88. The highest BCUT2D eigenvalue weighted by atomic mass is 16.5. The molecule has 0 spiro atoms. The smallest absolute Gasteiger partial charge is 0.331 e. The summed E-state index contributed by atoms with van der Waals surface area (Å²) < 4.78 is 5.38. The first kappa shape index (κ1) is 18.2. The van der Waals surface area contributed by atoms with Crippen LogP contribution in [-0.2, 0) is 19.8 Å². The quantitative estimate of drug-likeness (QED) is 0.454. The Kier molecular flexibility index (Phi) is 4.36. The van der Waals surface area contributed by atoms with Crippen molar-refractivity contribution < 1.29 is 19.1 Å². The summed E-state index contributed by atoms with van der Waals surface area (Å²) in [6.45, 7) is 6.19. The molecule has 4 rings (SSSR count). The summed E-state index contributed by atoms with van der Waals surface area (Å²) in [5.74, 6) is -0.206. The van der Waals surface area contributed by atoms with Gasteiger partial charge in [-0.15, -0.1) is 0 Å². The average Bonchev–Trinajstić information content (AvgIpc) is 3.32. The molecule has 4 unspecified atom stereocenters. The summed E-state index contributed by atoms with van der Waals surface area (Å²) in [5, 5.41) is 0. The van der Waals surface area contributed by atoms with Crippen molar-refractivity contribution in [3.05, 3.63) is 29.8 Å². The third-order valence-electron chi connectivity index (χ3n) is 7.06. The molecule has 27 heavy (non-hydrogen) atoms. The highest BCUT2D eigenvalue weighted by molar-refractivity contribution is 6.07. The molecule has 3 fully saturated rings. The van der Waals surface area contributed by atoms with Crippen molar-refractivity contribution in [2.45, 2.75) is 51.9 Å². The number of benzene rings is 1. The molecule has 0 aromatic heterocycles. The number of imide groups is 1. The van der Waals surface area contributed by atoms with Gasteiger partial charge in [0, 0.05) is 0 Å².